The van der Waals surface area contributed by atoms with E-state index in [1.165, 1.54) is 0 Å². The van der Waals surface area contributed by atoms with Crippen LogP contribution in [0.3, 0.4) is 0 Å². The highest BCUT2D eigenvalue weighted by molar-refractivity contribution is 5.99. The maximum atomic E-state index is 11.4. The van der Waals surface area contributed by atoms with Crippen molar-refractivity contribution in [2.75, 3.05) is 0 Å². The summed E-state index contributed by atoms with van der Waals surface area (Å²) in [6, 6.07) is 0. The topological polar surface area (TPSA) is 29.4 Å². The summed E-state index contributed by atoms with van der Waals surface area (Å²) in [5, 5.41) is 0. The molecule has 0 bridgehead atoms. The molecule has 0 saturated carbocycles. The summed E-state index contributed by atoms with van der Waals surface area (Å²) in [7, 11) is 0. The lowest BCUT2D eigenvalue weighted by atomic mass is 9.98. The van der Waals surface area contributed by atoms with Crippen LogP contribution < -0.4 is 0 Å². The Hall–Kier alpha value is -1.44. The second-order valence-corrected chi connectivity index (χ2v) is 2.80. The molecule has 0 radical (unpaired) electrons. The Morgan fingerprint density at radius 1 is 1.25 bits per heavy atom. The zero-order valence-electron chi connectivity index (χ0n) is 6.66. The molecule has 0 aromatic heterocycles. The number of allylic oxidation sites excluding steroid dienone is 5. The van der Waals surface area contributed by atoms with Gasteiger partial charge < -0.3 is 0 Å². The summed E-state index contributed by atoms with van der Waals surface area (Å²) in [6.45, 7) is 0. The number of ketones is 1. The molecule has 0 unspecified atom stereocenters. The van der Waals surface area contributed by atoms with Crippen LogP contribution in [0, 0.1) is 0 Å². The third-order valence-electron chi connectivity index (χ3n) is 1.98. The molecule has 2 rings (SSSR count). The maximum absolute atomic E-state index is 11.4. The summed E-state index contributed by atoms with van der Waals surface area (Å²) in [6.07, 6.45) is 10.6. The van der Waals surface area contributed by atoms with Gasteiger partial charge in [0.1, 0.15) is 0 Å². The summed E-state index contributed by atoms with van der Waals surface area (Å²) >= 11 is 0. The second kappa shape index (κ2) is 2.89. The van der Waals surface area contributed by atoms with E-state index in [0.29, 0.717) is 6.42 Å². The van der Waals surface area contributed by atoms with Gasteiger partial charge in [-0.15, -0.1) is 0 Å². The standard InChI is InChI=1S/C10H9NO/c12-10-6-3-5-9-8(10)4-1-2-7-11-9/h1-3,5,7H,4,6H2. The van der Waals surface area contributed by atoms with Crippen LogP contribution >= 0.6 is 0 Å². The van der Waals surface area contributed by atoms with Gasteiger partial charge in [-0.05, 0) is 18.6 Å². The summed E-state index contributed by atoms with van der Waals surface area (Å²) in [5.41, 5.74) is 1.68. The second-order valence-electron chi connectivity index (χ2n) is 2.80. The van der Waals surface area contributed by atoms with E-state index in [-0.39, 0.29) is 5.78 Å². The lowest BCUT2D eigenvalue weighted by Crippen LogP contribution is -2.06. The molecule has 12 heavy (non-hydrogen) atoms. The Balaban J connectivity index is 2.45. The van der Waals surface area contributed by atoms with Gasteiger partial charge in [-0.25, -0.2) is 0 Å². The number of hydrogen-bond acceptors (Lipinski definition) is 2. The molecule has 1 aliphatic carbocycles. The summed E-state index contributed by atoms with van der Waals surface area (Å²) in [5.74, 6) is 0.205. The Morgan fingerprint density at radius 3 is 3.08 bits per heavy atom. The Kier molecular flexibility index (Phi) is 1.74. The molecule has 0 spiro atoms. The van der Waals surface area contributed by atoms with Crippen LogP contribution in [0.5, 0.6) is 0 Å². The van der Waals surface area contributed by atoms with Crippen LogP contribution in [-0.2, 0) is 4.79 Å². The highest BCUT2D eigenvalue weighted by Crippen LogP contribution is 2.21. The zero-order valence-corrected chi connectivity index (χ0v) is 6.66. The fourth-order valence-electron chi connectivity index (χ4n) is 1.35. The Labute approximate surface area is 71.0 Å². The van der Waals surface area contributed by atoms with E-state index in [0.717, 1.165) is 17.7 Å². The minimum Gasteiger partial charge on any atom is -0.294 e. The van der Waals surface area contributed by atoms with Crippen molar-refractivity contribution in [1.82, 2.24) is 0 Å². The average Bonchev–Trinajstić information content (AvgIpc) is 2.30. The first-order chi connectivity index (χ1) is 5.88. The van der Waals surface area contributed by atoms with Gasteiger partial charge in [0.2, 0.25) is 0 Å². The number of nitrogens with zero attached hydrogens (tertiary/aromatic N) is 1. The molecule has 2 heteroatoms. The van der Waals surface area contributed by atoms with Gasteiger partial charge >= 0.3 is 0 Å². The summed E-state index contributed by atoms with van der Waals surface area (Å²) in [4.78, 5) is 15.5. The van der Waals surface area contributed by atoms with E-state index >= 15 is 0 Å². The number of carbonyl (C=O) groups is 1. The third kappa shape index (κ3) is 1.16. The van der Waals surface area contributed by atoms with Gasteiger partial charge in [-0.2, -0.15) is 0 Å². The number of carbonyl (C=O) groups excluding carboxylic acids is 1. The number of rotatable bonds is 0. The largest absolute Gasteiger partial charge is 0.294 e. The van der Waals surface area contributed by atoms with Crippen LogP contribution in [-0.4, -0.2) is 12.0 Å². The molecule has 0 amide bonds. The lowest BCUT2D eigenvalue weighted by Gasteiger charge is -2.08. The molecule has 2 nitrogen and oxygen atoms in total. The van der Waals surface area contributed by atoms with E-state index in [1.54, 1.807) is 6.21 Å². The van der Waals surface area contributed by atoms with Gasteiger partial charge in [-0.3, -0.25) is 9.79 Å². The summed E-state index contributed by atoms with van der Waals surface area (Å²) < 4.78 is 0. The molecule has 1 aliphatic heterocycles. The van der Waals surface area contributed by atoms with Crippen molar-refractivity contribution >= 4 is 12.0 Å². The van der Waals surface area contributed by atoms with Crippen molar-refractivity contribution in [3.05, 3.63) is 35.6 Å². The van der Waals surface area contributed by atoms with Gasteiger partial charge in [0.15, 0.2) is 5.78 Å². The molecule has 1 heterocycles. The molecule has 60 valence electrons. The van der Waals surface area contributed by atoms with E-state index in [9.17, 15) is 4.79 Å². The van der Waals surface area contributed by atoms with Gasteiger partial charge in [-0.1, -0.05) is 12.2 Å². The van der Waals surface area contributed by atoms with Crippen LogP contribution in [0.15, 0.2) is 40.6 Å². The van der Waals surface area contributed by atoms with Crippen molar-refractivity contribution in [2.24, 2.45) is 4.99 Å². The molecule has 2 aliphatic rings. The molecule has 0 N–H and O–H groups in total. The highest BCUT2D eigenvalue weighted by atomic mass is 16.1. The maximum Gasteiger partial charge on any atom is 0.165 e. The number of Topliss-reactive ketones (excluding diaryl/α,β-unsaturated/α-hetero) is 1. The molecular weight excluding hydrogens is 150 g/mol. The van der Waals surface area contributed by atoms with Crippen LogP contribution in [0.1, 0.15) is 12.8 Å². The third-order valence-corrected chi connectivity index (χ3v) is 1.98. The van der Waals surface area contributed by atoms with E-state index in [4.69, 9.17) is 0 Å². The van der Waals surface area contributed by atoms with Crippen LogP contribution in [0.4, 0.5) is 0 Å². The minimum atomic E-state index is 0.205. The fraction of sp³-hybridized carbons (Fsp3) is 0.200. The van der Waals surface area contributed by atoms with Crippen molar-refractivity contribution < 1.29 is 4.79 Å². The van der Waals surface area contributed by atoms with E-state index < -0.39 is 0 Å². The van der Waals surface area contributed by atoms with Crippen molar-refractivity contribution in [3.63, 3.8) is 0 Å². The normalized spacial score (nSPS) is 21.2. The molecule has 0 atom stereocenters. The van der Waals surface area contributed by atoms with Crippen molar-refractivity contribution in [3.8, 4) is 0 Å². The smallest absolute Gasteiger partial charge is 0.165 e. The van der Waals surface area contributed by atoms with Crippen LogP contribution in [0.25, 0.3) is 0 Å². The van der Waals surface area contributed by atoms with Crippen LogP contribution in [0.2, 0.25) is 0 Å². The molecular formula is C10H9NO. The molecule has 0 aromatic carbocycles. The van der Waals surface area contributed by atoms with Gasteiger partial charge in [0.25, 0.3) is 0 Å². The Morgan fingerprint density at radius 2 is 2.17 bits per heavy atom. The van der Waals surface area contributed by atoms with Crippen molar-refractivity contribution in [1.29, 1.82) is 0 Å². The molecule has 0 aromatic rings. The fourth-order valence-corrected chi connectivity index (χ4v) is 1.35. The first-order valence-electron chi connectivity index (χ1n) is 4.00. The molecule has 0 fully saturated rings. The van der Waals surface area contributed by atoms with Crippen molar-refractivity contribution in [2.45, 2.75) is 12.8 Å². The first kappa shape index (κ1) is 7.22. The molecule has 0 saturated heterocycles. The SMILES string of the molecule is O=C1CC=CC2=C1CC=CC=N2. The number of aliphatic imine (C=N–C) groups is 1. The van der Waals surface area contributed by atoms with E-state index in [2.05, 4.69) is 4.99 Å². The lowest BCUT2D eigenvalue weighted by molar-refractivity contribution is -0.115. The Bertz CT molecular complexity index is 332. The van der Waals surface area contributed by atoms with E-state index in [1.807, 2.05) is 24.3 Å². The zero-order chi connectivity index (χ0) is 8.39. The monoisotopic (exact) mass is 159 g/mol. The van der Waals surface area contributed by atoms with Gasteiger partial charge in [0.05, 0.1) is 5.70 Å². The first-order valence-corrected chi connectivity index (χ1v) is 4.00. The minimum absolute atomic E-state index is 0.205. The highest BCUT2D eigenvalue weighted by Gasteiger charge is 2.15. The number of hydrogen-bond donors (Lipinski definition) is 0. The van der Waals surface area contributed by atoms with Gasteiger partial charge in [0, 0.05) is 18.2 Å². The predicted octanol–water partition coefficient (Wildman–Crippen LogP) is 1.80. The predicted molar refractivity (Wildman–Crippen MR) is 48.0 cm³/mol. The quantitative estimate of drug-likeness (QED) is 0.530. The average molecular weight is 159 g/mol.